The van der Waals surface area contributed by atoms with Gasteiger partial charge in [0.15, 0.2) is 17.2 Å². The lowest BCUT2D eigenvalue weighted by Crippen LogP contribution is -2.28. The molecule has 0 amide bonds. The first-order valence-electron chi connectivity index (χ1n) is 6.53. The van der Waals surface area contributed by atoms with E-state index in [4.69, 9.17) is 0 Å². The van der Waals surface area contributed by atoms with Gasteiger partial charge in [-0.3, -0.25) is 4.79 Å². The summed E-state index contributed by atoms with van der Waals surface area (Å²) in [6.45, 7) is 0. The lowest BCUT2D eigenvalue weighted by Gasteiger charge is -2.19. The van der Waals surface area contributed by atoms with Gasteiger partial charge in [-0.05, 0) is 17.7 Å². The molecule has 0 aliphatic heterocycles. The molecule has 2 atom stereocenters. The zero-order valence-corrected chi connectivity index (χ0v) is 12.0. The van der Waals surface area contributed by atoms with Gasteiger partial charge in [-0.25, -0.2) is 0 Å². The number of carbonyl (C=O) groups is 1. The number of phenolic OH excluding ortho intramolecular Hbond substituents is 6. The van der Waals surface area contributed by atoms with Gasteiger partial charge in [-0.2, -0.15) is 0 Å². The Hall–Kier alpha value is -3.17. The zero-order valence-electron chi connectivity index (χ0n) is 12.0. The van der Waals surface area contributed by atoms with Crippen molar-refractivity contribution in [3.8, 4) is 34.5 Å². The Morgan fingerprint density at radius 3 is 1.67 bits per heavy atom. The summed E-state index contributed by atoms with van der Waals surface area (Å²) in [5.74, 6) is -5.87. The molecular weight excluding hydrogens is 324 g/mol. The van der Waals surface area contributed by atoms with Crippen molar-refractivity contribution in [1.29, 1.82) is 0 Å². The molecule has 2 rings (SSSR count). The fourth-order valence-electron chi connectivity index (χ4n) is 2.12. The van der Waals surface area contributed by atoms with Crippen molar-refractivity contribution in [1.82, 2.24) is 0 Å². The highest BCUT2D eigenvalue weighted by Crippen LogP contribution is 2.39. The van der Waals surface area contributed by atoms with Crippen LogP contribution < -0.4 is 0 Å². The smallest absolute Gasteiger partial charge is 0.201 e. The number of aliphatic hydroxyl groups excluding tert-OH is 2. The monoisotopic (exact) mass is 338 g/mol. The van der Waals surface area contributed by atoms with Crippen molar-refractivity contribution in [2.45, 2.75) is 12.2 Å². The van der Waals surface area contributed by atoms with Crippen molar-refractivity contribution in [3.63, 3.8) is 0 Å². The average molecular weight is 338 g/mol. The summed E-state index contributed by atoms with van der Waals surface area (Å²) in [6, 6.07) is 3.13. The fraction of sp³-hybridized carbons (Fsp3) is 0.133. The molecule has 0 saturated heterocycles. The highest BCUT2D eigenvalue weighted by molar-refractivity contribution is 6.04. The SMILES string of the molecule is O=C(c1c(O)cc(O)cc1O)[C@H](O)[C@H](O)c1cc(O)c(O)c(O)c1. The second-order valence-corrected chi connectivity index (χ2v) is 5.02. The van der Waals surface area contributed by atoms with Gasteiger partial charge in [0, 0.05) is 12.1 Å². The van der Waals surface area contributed by atoms with E-state index >= 15 is 0 Å². The molecule has 0 aromatic heterocycles. The number of phenols is 6. The third kappa shape index (κ3) is 2.98. The highest BCUT2D eigenvalue weighted by atomic mass is 16.3. The van der Waals surface area contributed by atoms with E-state index in [1.165, 1.54) is 0 Å². The standard InChI is InChI=1S/C15H14O9/c16-6-3-7(17)11(8(18)4-6)14(23)15(24)12(21)5-1-9(19)13(22)10(20)2-5/h1-4,12,15-22,24H/t12-,15-/m1/s1. The number of benzene rings is 2. The minimum Gasteiger partial charge on any atom is -0.508 e. The number of Topliss-reactive ketones (excluding diaryl/α,β-unsaturated/α-hetero) is 1. The van der Waals surface area contributed by atoms with Gasteiger partial charge in [0.25, 0.3) is 0 Å². The van der Waals surface area contributed by atoms with Crippen LogP contribution in [0.1, 0.15) is 22.0 Å². The third-order valence-corrected chi connectivity index (χ3v) is 3.33. The molecule has 2 aromatic carbocycles. The first-order valence-corrected chi connectivity index (χ1v) is 6.53. The summed E-state index contributed by atoms with van der Waals surface area (Å²) in [4.78, 5) is 12.2. The van der Waals surface area contributed by atoms with Crippen LogP contribution in [0, 0.1) is 0 Å². The summed E-state index contributed by atoms with van der Waals surface area (Å²) < 4.78 is 0. The first-order chi connectivity index (χ1) is 11.1. The molecule has 9 nitrogen and oxygen atoms in total. The number of aliphatic hydroxyl groups is 2. The second-order valence-electron chi connectivity index (χ2n) is 5.02. The van der Waals surface area contributed by atoms with Crippen molar-refractivity contribution in [2.75, 3.05) is 0 Å². The summed E-state index contributed by atoms with van der Waals surface area (Å²) in [5.41, 5.74) is -1.03. The summed E-state index contributed by atoms with van der Waals surface area (Å²) in [5, 5.41) is 76.4. The summed E-state index contributed by atoms with van der Waals surface area (Å²) in [6.07, 6.45) is -4.14. The molecule has 0 bridgehead atoms. The van der Waals surface area contributed by atoms with Gasteiger partial charge in [-0.15, -0.1) is 0 Å². The van der Waals surface area contributed by atoms with E-state index in [9.17, 15) is 45.6 Å². The highest BCUT2D eigenvalue weighted by Gasteiger charge is 2.31. The molecule has 0 aliphatic rings. The molecule has 0 spiro atoms. The molecule has 0 radical (unpaired) electrons. The van der Waals surface area contributed by atoms with Crippen molar-refractivity contribution in [3.05, 3.63) is 35.4 Å². The van der Waals surface area contributed by atoms with Gasteiger partial charge >= 0.3 is 0 Å². The summed E-state index contributed by atoms with van der Waals surface area (Å²) in [7, 11) is 0. The maximum absolute atomic E-state index is 12.2. The zero-order chi connectivity index (χ0) is 18.2. The Kier molecular flexibility index (Phi) is 4.40. The topological polar surface area (TPSA) is 179 Å². The van der Waals surface area contributed by atoms with E-state index < -0.39 is 58.1 Å². The van der Waals surface area contributed by atoms with Gasteiger partial charge in [0.05, 0.1) is 0 Å². The summed E-state index contributed by atoms with van der Waals surface area (Å²) >= 11 is 0. The number of hydrogen-bond acceptors (Lipinski definition) is 9. The minimum atomic E-state index is -2.19. The van der Waals surface area contributed by atoms with Crippen LogP contribution in [0.4, 0.5) is 0 Å². The van der Waals surface area contributed by atoms with Crippen molar-refractivity contribution >= 4 is 5.78 Å². The lowest BCUT2D eigenvalue weighted by atomic mass is 9.95. The Labute approximate surface area is 134 Å². The number of carbonyl (C=O) groups excluding carboxylic acids is 1. The fourth-order valence-corrected chi connectivity index (χ4v) is 2.12. The van der Waals surface area contributed by atoms with Crippen LogP contribution in [0.5, 0.6) is 34.5 Å². The molecule has 0 unspecified atom stereocenters. The van der Waals surface area contributed by atoms with Crippen LogP contribution in [-0.2, 0) is 0 Å². The number of rotatable bonds is 4. The Morgan fingerprint density at radius 1 is 0.750 bits per heavy atom. The lowest BCUT2D eigenvalue weighted by molar-refractivity contribution is 0.0198. The normalized spacial score (nSPS) is 13.4. The van der Waals surface area contributed by atoms with Crippen LogP contribution in [0.3, 0.4) is 0 Å². The maximum atomic E-state index is 12.2. The van der Waals surface area contributed by atoms with Gasteiger partial charge in [0.2, 0.25) is 5.78 Å². The molecule has 0 fully saturated rings. The van der Waals surface area contributed by atoms with Crippen molar-refractivity contribution < 1.29 is 45.6 Å². The first kappa shape index (κ1) is 17.2. The molecule has 0 saturated carbocycles. The molecule has 2 aromatic rings. The van der Waals surface area contributed by atoms with Crippen LogP contribution in [-0.4, -0.2) is 52.7 Å². The molecule has 0 aliphatic carbocycles. The van der Waals surface area contributed by atoms with Gasteiger partial charge in [0.1, 0.15) is 35.0 Å². The van der Waals surface area contributed by atoms with Gasteiger partial charge in [-0.1, -0.05) is 0 Å². The van der Waals surface area contributed by atoms with Crippen LogP contribution >= 0.6 is 0 Å². The van der Waals surface area contributed by atoms with E-state index in [1.54, 1.807) is 0 Å². The molecule has 24 heavy (non-hydrogen) atoms. The molecular formula is C15H14O9. The third-order valence-electron chi connectivity index (χ3n) is 3.33. The predicted molar refractivity (Wildman–Crippen MR) is 78.2 cm³/mol. The predicted octanol–water partition coefficient (Wildman–Crippen LogP) is 0.197. The Balaban J connectivity index is 2.38. The second kappa shape index (κ2) is 6.14. The van der Waals surface area contributed by atoms with E-state index in [0.29, 0.717) is 0 Å². The molecule has 0 heterocycles. The average Bonchev–Trinajstić information content (AvgIpc) is 2.49. The van der Waals surface area contributed by atoms with Crippen molar-refractivity contribution in [2.24, 2.45) is 0 Å². The largest absolute Gasteiger partial charge is 0.508 e. The van der Waals surface area contributed by atoms with Crippen LogP contribution in [0.25, 0.3) is 0 Å². The van der Waals surface area contributed by atoms with E-state index in [-0.39, 0.29) is 5.56 Å². The van der Waals surface area contributed by atoms with E-state index in [2.05, 4.69) is 0 Å². The molecule has 9 heteroatoms. The van der Waals surface area contributed by atoms with E-state index in [1.807, 2.05) is 0 Å². The number of ketones is 1. The number of aromatic hydroxyl groups is 6. The van der Waals surface area contributed by atoms with E-state index in [0.717, 1.165) is 24.3 Å². The maximum Gasteiger partial charge on any atom is 0.201 e. The van der Waals surface area contributed by atoms with Crippen LogP contribution in [0.15, 0.2) is 24.3 Å². The minimum absolute atomic E-state index is 0.304. The number of hydrogen-bond donors (Lipinski definition) is 8. The molecule has 128 valence electrons. The Bertz CT molecular complexity index is 754. The van der Waals surface area contributed by atoms with Gasteiger partial charge < -0.3 is 40.9 Å². The molecule has 8 N–H and O–H groups in total. The Morgan fingerprint density at radius 2 is 1.21 bits per heavy atom. The van der Waals surface area contributed by atoms with Crippen LogP contribution in [0.2, 0.25) is 0 Å². The quantitative estimate of drug-likeness (QED) is 0.285.